The van der Waals surface area contributed by atoms with Crippen molar-refractivity contribution >= 4 is 28.0 Å². The van der Waals surface area contributed by atoms with Crippen LogP contribution in [0.1, 0.15) is 21.9 Å². The molecule has 4 rings (SSSR count). The number of para-hydroxylation sites is 1. The lowest BCUT2D eigenvalue weighted by molar-refractivity contribution is 0.101. The third kappa shape index (κ3) is 3.29. The number of anilines is 1. The first-order valence-electron chi connectivity index (χ1n) is 7.98. The number of rotatable bonds is 5. The fourth-order valence-electron chi connectivity index (χ4n) is 2.53. The van der Waals surface area contributed by atoms with Crippen LogP contribution in [0.15, 0.2) is 65.2 Å². The second-order valence-electron chi connectivity index (χ2n) is 5.60. The number of benzene rings is 2. The molecule has 2 heterocycles. The Hall–Kier alpha value is -4.25. The predicted octanol–water partition coefficient (Wildman–Crippen LogP) is 3.15. The van der Waals surface area contributed by atoms with Gasteiger partial charge in [0.25, 0.3) is 0 Å². The zero-order valence-electron chi connectivity index (χ0n) is 13.9. The van der Waals surface area contributed by atoms with E-state index in [0.717, 1.165) is 5.39 Å². The third-order valence-electron chi connectivity index (χ3n) is 3.89. The van der Waals surface area contributed by atoms with E-state index in [2.05, 4.69) is 25.9 Å². The number of aromatic nitrogens is 4. The van der Waals surface area contributed by atoms with Crippen LogP contribution in [0, 0.1) is 11.3 Å². The molecule has 4 aromatic rings. The molecule has 8 nitrogen and oxygen atoms in total. The van der Waals surface area contributed by atoms with Crippen LogP contribution in [-0.2, 0) is 0 Å². The molecule has 0 saturated carbocycles. The first-order chi connectivity index (χ1) is 13.2. The SMILES string of the molecule is N#CC(=CNc1ccc(C(=O)c2cc3ccccc3o2)cc1)c1nn[nH]n1. The van der Waals surface area contributed by atoms with Crippen molar-refractivity contribution in [3.63, 3.8) is 0 Å². The highest BCUT2D eigenvalue weighted by Gasteiger charge is 2.14. The van der Waals surface area contributed by atoms with Gasteiger partial charge in [-0.2, -0.15) is 10.5 Å². The molecule has 2 aromatic carbocycles. The van der Waals surface area contributed by atoms with E-state index in [1.165, 1.54) is 6.20 Å². The molecule has 0 aliphatic heterocycles. The molecule has 130 valence electrons. The van der Waals surface area contributed by atoms with Crippen LogP contribution in [0.5, 0.6) is 0 Å². The van der Waals surface area contributed by atoms with Gasteiger partial charge in [-0.25, -0.2) is 0 Å². The fraction of sp³-hybridized carbons (Fsp3) is 0. The molecule has 0 aliphatic carbocycles. The Labute approximate surface area is 153 Å². The van der Waals surface area contributed by atoms with Crippen LogP contribution < -0.4 is 5.32 Å². The van der Waals surface area contributed by atoms with Gasteiger partial charge in [-0.3, -0.25) is 4.79 Å². The molecule has 0 fully saturated rings. The van der Waals surface area contributed by atoms with Crippen molar-refractivity contribution in [2.75, 3.05) is 5.32 Å². The van der Waals surface area contributed by atoms with Crippen LogP contribution in [0.25, 0.3) is 16.5 Å². The number of allylic oxidation sites excluding steroid dienone is 1. The number of H-pyrrole nitrogens is 1. The first kappa shape index (κ1) is 16.2. The van der Waals surface area contributed by atoms with Gasteiger partial charge in [0.05, 0.1) is 0 Å². The number of ketones is 1. The second-order valence-corrected chi connectivity index (χ2v) is 5.60. The number of carbonyl (C=O) groups is 1. The van der Waals surface area contributed by atoms with Gasteiger partial charge in [0, 0.05) is 22.8 Å². The van der Waals surface area contributed by atoms with Gasteiger partial charge in [-0.05, 0) is 41.6 Å². The van der Waals surface area contributed by atoms with E-state index in [0.29, 0.717) is 22.6 Å². The summed E-state index contributed by atoms with van der Waals surface area (Å²) >= 11 is 0. The number of nitriles is 1. The number of hydrogen-bond acceptors (Lipinski definition) is 7. The molecule has 0 aliphatic rings. The first-order valence-corrected chi connectivity index (χ1v) is 7.98. The van der Waals surface area contributed by atoms with E-state index in [-0.39, 0.29) is 17.2 Å². The number of nitrogens with zero attached hydrogens (tertiary/aromatic N) is 4. The molecule has 0 atom stereocenters. The summed E-state index contributed by atoms with van der Waals surface area (Å²) in [4.78, 5) is 12.6. The largest absolute Gasteiger partial charge is 0.453 e. The maximum atomic E-state index is 12.6. The van der Waals surface area contributed by atoms with Crippen molar-refractivity contribution in [1.82, 2.24) is 20.6 Å². The lowest BCUT2D eigenvalue weighted by Gasteiger charge is -2.03. The van der Waals surface area contributed by atoms with Crippen molar-refractivity contribution in [2.24, 2.45) is 0 Å². The highest BCUT2D eigenvalue weighted by Crippen LogP contribution is 2.22. The molecule has 0 spiro atoms. The zero-order chi connectivity index (χ0) is 18.6. The second kappa shape index (κ2) is 6.93. The minimum absolute atomic E-state index is 0.196. The zero-order valence-corrected chi connectivity index (χ0v) is 13.9. The highest BCUT2D eigenvalue weighted by molar-refractivity contribution is 6.09. The summed E-state index contributed by atoms with van der Waals surface area (Å²) in [5, 5.41) is 26.2. The van der Waals surface area contributed by atoms with Gasteiger partial charge in [0.15, 0.2) is 5.76 Å². The standard InChI is InChI=1S/C19H12N6O2/c20-10-14(19-22-24-25-23-19)11-21-15-7-5-12(6-8-15)18(26)17-9-13-3-1-2-4-16(13)27-17/h1-9,11,21H,(H,22,23,24,25). The maximum absolute atomic E-state index is 12.6. The number of furan rings is 1. The van der Waals surface area contributed by atoms with Crippen LogP contribution in [0.4, 0.5) is 5.69 Å². The van der Waals surface area contributed by atoms with E-state index >= 15 is 0 Å². The van der Waals surface area contributed by atoms with E-state index < -0.39 is 0 Å². The summed E-state index contributed by atoms with van der Waals surface area (Å²) in [6, 6.07) is 18.0. The number of carbonyl (C=O) groups excluding carboxylic acids is 1. The Kier molecular flexibility index (Phi) is 4.17. The molecule has 8 heteroatoms. The fourth-order valence-corrected chi connectivity index (χ4v) is 2.53. The Morgan fingerprint density at radius 2 is 2.00 bits per heavy atom. The summed E-state index contributed by atoms with van der Waals surface area (Å²) in [6.07, 6.45) is 1.47. The van der Waals surface area contributed by atoms with Gasteiger partial charge in [0.1, 0.15) is 17.2 Å². The monoisotopic (exact) mass is 356 g/mol. The molecular weight excluding hydrogens is 344 g/mol. The topological polar surface area (TPSA) is 120 Å². The van der Waals surface area contributed by atoms with Crippen molar-refractivity contribution in [2.45, 2.75) is 0 Å². The summed E-state index contributed by atoms with van der Waals surface area (Å²) in [6.45, 7) is 0. The number of nitrogens with one attached hydrogen (secondary N) is 2. The number of tetrazole rings is 1. The van der Waals surface area contributed by atoms with Gasteiger partial charge in [0.2, 0.25) is 11.6 Å². The minimum Gasteiger partial charge on any atom is -0.453 e. The van der Waals surface area contributed by atoms with Gasteiger partial charge in [-0.1, -0.05) is 18.2 Å². The molecule has 0 bridgehead atoms. The lowest BCUT2D eigenvalue weighted by atomic mass is 10.1. The average molecular weight is 356 g/mol. The lowest BCUT2D eigenvalue weighted by Crippen LogP contribution is -2.00. The molecule has 0 unspecified atom stereocenters. The van der Waals surface area contributed by atoms with E-state index in [1.54, 1.807) is 30.3 Å². The number of aromatic amines is 1. The Bertz CT molecular complexity index is 1130. The quantitative estimate of drug-likeness (QED) is 0.416. The molecule has 27 heavy (non-hydrogen) atoms. The Balaban J connectivity index is 1.51. The van der Waals surface area contributed by atoms with Crippen molar-refractivity contribution in [3.05, 3.63) is 77.9 Å². The Morgan fingerprint density at radius 3 is 2.70 bits per heavy atom. The minimum atomic E-state index is -0.196. The average Bonchev–Trinajstić information content (AvgIpc) is 3.38. The van der Waals surface area contributed by atoms with Crippen LogP contribution in [0.3, 0.4) is 0 Å². The van der Waals surface area contributed by atoms with Crippen LogP contribution in [0.2, 0.25) is 0 Å². The van der Waals surface area contributed by atoms with Gasteiger partial charge in [-0.15, -0.1) is 10.2 Å². The molecule has 0 saturated heterocycles. The predicted molar refractivity (Wildman–Crippen MR) is 97.5 cm³/mol. The summed E-state index contributed by atoms with van der Waals surface area (Å²) in [5.41, 5.74) is 2.11. The Morgan fingerprint density at radius 1 is 1.19 bits per heavy atom. The molecule has 0 radical (unpaired) electrons. The summed E-state index contributed by atoms with van der Waals surface area (Å²) in [7, 11) is 0. The van der Waals surface area contributed by atoms with Gasteiger partial charge < -0.3 is 9.73 Å². The molecule has 0 amide bonds. The van der Waals surface area contributed by atoms with Crippen LogP contribution >= 0.6 is 0 Å². The number of hydrogen-bond donors (Lipinski definition) is 2. The molecule has 2 aromatic heterocycles. The summed E-state index contributed by atoms with van der Waals surface area (Å²) in [5.74, 6) is 0.292. The van der Waals surface area contributed by atoms with E-state index in [4.69, 9.17) is 9.68 Å². The van der Waals surface area contributed by atoms with E-state index in [1.807, 2.05) is 30.3 Å². The summed E-state index contributed by atoms with van der Waals surface area (Å²) < 4.78 is 5.62. The van der Waals surface area contributed by atoms with Crippen molar-refractivity contribution in [3.8, 4) is 6.07 Å². The molecular formula is C19H12N6O2. The smallest absolute Gasteiger partial charge is 0.228 e. The maximum Gasteiger partial charge on any atom is 0.228 e. The highest BCUT2D eigenvalue weighted by atomic mass is 16.3. The van der Waals surface area contributed by atoms with Crippen molar-refractivity contribution < 1.29 is 9.21 Å². The van der Waals surface area contributed by atoms with Gasteiger partial charge >= 0.3 is 0 Å². The third-order valence-corrected chi connectivity index (χ3v) is 3.89. The molecule has 2 N–H and O–H groups in total. The normalized spacial score (nSPS) is 11.3. The van der Waals surface area contributed by atoms with Crippen molar-refractivity contribution in [1.29, 1.82) is 5.26 Å². The van der Waals surface area contributed by atoms with Crippen LogP contribution in [-0.4, -0.2) is 26.4 Å². The number of fused-ring (bicyclic) bond motifs is 1. The van der Waals surface area contributed by atoms with E-state index in [9.17, 15) is 4.79 Å².